The van der Waals surface area contributed by atoms with Crippen LogP contribution in [-0.2, 0) is 13.2 Å². The molecule has 25 heavy (non-hydrogen) atoms. The molecule has 0 heterocycles. The number of ether oxygens (including phenoxy) is 2. The molecule has 0 unspecified atom stereocenters. The van der Waals surface area contributed by atoms with Gasteiger partial charge in [0, 0.05) is 16.6 Å². The second-order valence-electron chi connectivity index (χ2n) is 6.90. The molecule has 0 saturated heterocycles. The van der Waals surface area contributed by atoms with E-state index in [4.69, 9.17) is 9.47 Å². The predicted molar refractivity (Wildman–Crippen MR) is 107 cm³/mol. The molecule has 0 amide bonds. The number of hydrogen-bond acceptors (Lipinski definition) is 3. The van der Waals surface area contributed by atoms with Gasteiger partial charge >= 0.3 is 0 Å². The summed E-state index contributed by atoms with van der Waals surface area (Å²) in [4.78, 5) is 0. The zero-order chi connectivity index (χ0) is 18.4. The van der Waals surface area contributed by atoms with Gasteiger partial charge < -0.3 is 14.8 Å². The predicted octanol–water partition coefficient (Wildman–Crippen LogP) is 5.62. The summed E-state index contributed by atoms with van der Waals surface area (Å²) < 4.78 is 12.6. The quantitative estimate of drug-likeness (QED) is 0.617. The van der Waals surface area contributed by atoms with Crippen LogP contribution in [0.3, 0.4) is 0 Å². The van der Waals surface area contributed by atoms with Gasteiger partial charge in [0.2, 0.25) is 0 Å². The second kappa shape index (κ2) is 8.72. The van der Waals surface area contributed by atoms with Crippen LogP contribution < -0.4 is 14.8 Å². The molecule has 4 heteroatoms. The molecule has 1 N–H and O–H groups in total. The highest BCUT2D eigenvalue weighted by Gasteiger charge is 2.16. The van der Waals surface area contributed by atoms with E-state index in [1.165, 1.54) is 11.1 Å². The zero-order valence-electron chi connectivity index (χ0n) is 15.8. The highest BCUT2D eigenvalue weighted by Crippen LogP contribution is 2.34. The third kappa shape index (κ3) is 5.48. The number of benzene rings is 2. The molecule has 0 fully saturated rings. The number of nitrogens with one attached hydrogen (secondary N) is 1. The minimum atomic E-state index is 0.104. The van der Waals surface area contributed by atoms with Crippen LogP contribution in [0.1, 0.15) is 43.9 Å². The number of halogens is 1. The number of aryl methyl sites for hydroxylation is 1. The number of hydrogen-bond donors (Lipinski definition) is 1. The monoisotopic (exact) mass is 405 g/mol. The van der Waals surface area contributed by atoms with E-state index in [1.54, 1.807) is 7.11 Å². The Bertz CT molecular complexity index is 713. The smallest absolute Gasteiger partial charge is 0.162 e. The van der Waals surface area contributed by atoms with E-state index in [0.29, 0.717) is 6.61 Å². The van der Waals surface area contributed by atoms with Crippen LogP contribution in [0.4, 0.5) is 0 Å². The van der Waals surface area contributed by atoms with Crippen LogP contribution >= 0.6 is 15.9 Å². The molecule has 0 aromatic heterocycles. The third-order valence-corrected chi connectivity index (χ3v) is 5.36. The minimum absolute atomic E-state index is 0.104. The molecular weight excluding hydrogens is 378 g/mol. The SMILES string of the molecule is CCC(C)(C)NCc1cc(OC)c(OCc2ccccc2C)cc1Br. The van der Waals surface area contributed by atoms with Crippen LogP contribution in [-0.4, -0.2) is 12.6 Å². The Kier molecular flexibility index (Phi) is 6.91. The summed E-state index contributed by atoms with van der Waals surface area (Å²) in [6.45, 7) is 9.99. The van der Waals surface area contributed by atoms with Crippen LogP contribution in [0.25, 0.3) is 0 Å². The first-order chi connectivity index (χ1) is 11.9. The Morgan fingerprint density at radius 2 is 1.80 bits per heavy atom. The molecule has 2 aromatic carbocycles. The Hall–Kier alpha value is -1.52. The maximum atomic E-state index is 6.02. The summed E-state index contributed by atoms with van der Waals surface area (Å²) >= 11 is 3.67. The van der Waals surface area contributed by atoms with Gasteiger partial charge in [-0.15, -0.1) is 0 Å². The lowest BCUT2D eigenvalue weighted by Crippen LogP contribution is -2.37. The molecule has 0 aliphatic heterocycles. The van der Waals surface area contributed by atoms with E-state index in [-0.39, 0.29) is 5.54 Å². The molecule has 0 radical (unpaired) electrons. The van der Waals surface area contributed by atoms with E-state index >= 15 is 0 Å². The lowest BCUT2D eigenvalue weighted by Gasteiger charge is -2.25. The molecule has 2 rings (SSSR count). The van der Waals surface area contributed by atoms with Gasteiger partial charge in [-0.2, -0.15) is 0 Å². The lowest BCUT2D eigenvalue weighted by molar-refractivity contribution is 0.283. The summed E-state index contributed by atoms with van der Waals surface area (Å²) in [5.41, 5.74) is 3.66. The van der Waals surface area contributed by atoms with E-state index in [1.807, 2.05) is 24.3 Å². The maximum Gasteiger partial charge on any atom is 0.162 e. The van der Waals surface area contributed by atoms with E-state index in [2.05, 4.69) is 61.1 Å². The van der Waals surface area contributed by atoms with Gasteiger partial charge in [0.15, 0.2) is 11.5 Å². The van der Waals surface area contributed by atoms with Gasteiger partial charge in [-0.3, -0.25) is 0 Å². The normalized spacial score (nSPS) is 11.4. The summed E-state index contributed by atoms with van der Waals surface area (Å²) in [5.74, 6) is 1.50. The van der Waals surface area contributed by atoms with E-state index in [0.717, 1.165) is 34.5 Å². The fourth-order valence-electron chi connectivity index (χ4n) is 2.37. The molecule has 0 aliphatic rings. The molecule has 136 valence electrons. The third-order valence-electron chi connectivity index (χ3n) is 4.62. The highest BCUT2D eigenvalue weighted by molar-refractivity contribution is 9.10. The van der Waals surface area contributed by atoms with Gasteiger partial charge in [0.1, 0.15) is 6.61 Å². The second-order valence-corrected chi connectivity index (χ2v) is 7.75. The highest BCUT2D eigenvalue weighted by atomic mass is 79.9. The summed E-state index contributed by atoms with van der Waals surface area (Å²) in [6, 6.07) is 12.3. The first kappa shape index (κ1) is 19.8. The van der Waals surface area contributed by atoms with Gasteiger partial charge in [-0.05, 0) is 56.0 Å². The van der Waals surface area contributed by atoms with Crippen molar-refractivity contribution in [3.63, 3.8) is 0 Å². The van der Waals surface area contributed by atoms with Crippen molar-refractivity contribution in [1.82, 2.24) is 5.32 Å². The van der Waals surface area contributed by atoms with Crippen LogP contribution in [0, 0.1) is 6.92 Å². The van der Waals surface area contributed by atoms with Gasteiger partial charge in [-0.25, -0.2) is 0 Å². The fraction of sp³-hybridized carbons (Fsp3) is 0.429. The summed E-state index contributed by atoms with van der Waals surface area (Å²) in [6.07, 6.45) is 1.07. The van der Waals surface area contributed by atoms with Crippen molar-refractivity contribution in [3.8, 4) is 11.5 Å². The van der Waals surface area contributed by atoms with Crippen molar-refractivity contribution in [2.24, 2.45) is 0 Å². The Balaban J connectivity index is 2.14. The zero-order valence-corrected chi connectivity index (χ0v) is 17.4. The summed E-state index contributed by atoms with van der Waals surface area (Å²) in [5, 5.41) is 3.58. The molecular formula is C21H28BrNO2. The van der Waals surface area contributed by atoms with E-state index in [9.17, 15) is 0 Å². The average Bonchev–Trinajstić information content (AvgIpc) is 2.60. The molecule has 0 atom stereocenters. The molecule has 0 bridgehead atoms. The largest absolute Gasteiger partial charge is 0.493 e. The first-order valence-electron chi connectivity index (χ1n) is 8.65. The van der Waals surface area contributed by atoms with Gasteiger partial charge in [-0.1, -0.05) is 47.1 Å². The molecule has 0 saturated carbocycles. The van der Waals surface area contributed by atoms with Crippen molar-refractivity contribution in [2.75, 3.05) is 7.11 Å². The number of methoxy groups -OCH3 is 1. The maximum absolute atomic E-state index is 6.02. The first-order valence-corrected chi connectivity index (χ1v) is 9.44. The van der Waals surface area contributed by atoms with Gasteiger partial charge in [0.25, 0.3) is 0 Å². The molecule has 0 aliphatic carbocycles. The number of rotatable bonds is 8. The Morgan fingerprint density at radius 3 is 2.44 bits per heavy atom. The molecule has 3 nitrogen and oxygen atoms in total. The van der Waals surface area contributed by atoms with Crippen molar-refractivity contribution in [2.45, 2.75) is 52.8 Å². The molecule has 2 aromatic rings. The topological polar surface area (TPSA) is 30.5 Å². The minimum Gasteiger partial charge on any atom is -0.493 e. The van der Waals surface area contributed by atoms with Crippen LogP contribution in [0.2, 0.25) is 0 Å². The average molecular weight is 406 g/mol. The van der Waals surface area contributed by atoms with Crippen molar-refractivity contribution in [3.05, 3.63) is 57.6 Å². The van der Waals surface area contributed by atoms with Crippen LogP contribution in [0.5, 0.6) is 11.5 Å². The fourth-order valence-corrected chi connectivity index (χ4v) is 2.83. The molecule has 0 spiro atoms. The Morgan fingerprint density at radius 1 is 1.08 bits per heavy atom. The summed E-state index contributed by atoms with van der Waals surface area (Å²) in [7, 11) is 1.68. The lowest BCUT2D eigenvalue weighted by atomic mass is 10.0. The van der Waals surface area contributed by atoms with Gasteiger partial charge in [0.05, 0.1) is 7.11 Å². The standard InChI is InChI=1S/C21H28BrNO2/c1-6-21(3,4)23-13-17-11-19(24-5)20(12-18(17)22)25-14-16-10-8-7-9-15(16)2/h7-12,23H,6,13-14H2,1-5H3. The van der Waals surface area contributed by atoms with Crippen LogP contribution in [0.15, 0.2) is 40.9 Å². The van der Waals surface area contributed by atoms with Crippen molar-refractivity contribution < 1.29 is 9.47 Å². The Labute approximate surface area is 159 Å². The van der Waals surface area contributed by atoms with Crippen molar-refractivity contribution in [1.29, 1.82) is 0 Å². The van der Waals surface area contributed by atoms with Crippen molar-refractivity contribution >= 4 is 15.9 Å². The van der Waals surface area contributed by atoms with E-state index < -0.39 is 0 Å².